The first-order chi connectivity index (χ1) is 15.4. The number of hydrogen-bond donors (Lipinski definition) is 1. The third-order valence-corrected chi connectivity index (χ3v) is 7.01. The van der Waals surface area contributed by atoms with E-state index in [1.165, 1.54) is 0 Å². The maximum atomic E-state index is 12.9. The number of carbonyl (C=O) groups is 2. The molecule has 2 aliphatic rings. The summed E-state index contributed by atoms with van der Waals surface area (Å²) in [6, 6.07) is 11.2. The van der Waals surface area contributed by atoms with Crippen molar-refractivity contribution in [1.29, 1.82) is 0 Å². The van der Waals surface area contributed by atoms with Gasteiger partial charge in [0.15, 0.2) is 6.10 Å². The van der Waals surface area contributed by atoms with Crippen molar-refractivity contribution in [2.45, 2.75) is 45.6 Å². The van der Waals surface area contributed by atoms with E-state index in [1.54, 1.807) is 25.3 Å². The van der Waals surface area contributed by atoms with Crippen LogP contribution in [0.2, 0.25) is 5.02 Å². The lowest BCUT2D eigenvalue weighted by atomic mass is 9.90. The predicted octanol–water partition coefficient (Wildman–Crippen LogP) is 3.80. The standard InChI is InChI=1S/C25H30ClN3O3/c1-17-15-19(26)6-7-22(17)32-18(2)24(31)29-13-9-25(10-14-29)16-21(25)23(30)28-12-8-20-5-3-4-11-27-20/h3-7,11,15,18,21H,8-10,12-14,16H2,1-2H3,(H,28,30)/t18-,21+/m0/s1. The van der Waals surface area contributed by atoms with Crippen LogP contribution in [-0.4, -0.2) is 47.4 Å². The highest BCUT2D eigenvalue weighted by molar-refractivity contribution is 6.30. The molecule has 7 heteroatoms. The van der Waals surface area contributed by atoms with Gasteiger partial charge in [0.25, 0.3) is 5.91 Å². The van der Waals surface area contributed by atoms with E-state index in [2.05, 4.69) is 10.3 Å². The van der Waals surface area contributed by atoms with Gasteiger partial charge in [-0.3, -0.25) is 14.6 Å². The molecule has 0 radical (unpaired) electrons. The van der Waals surface area contributed by atoms with Gasteiger partial charge in [0, 0.05) is 48.9 Å². The van der Waals surface area contributed by atoms with E-state index >= 15 is 0 Å². The maximum absolute atomic E-state index is 12.9. The SMILES string of the molecule is Cc1cc(Cl)ccc1O[C@@H](C)C(=O)N1CCC2(CC1)C[C@@H]2C(=O)NCCc1ccccn1. The fourth-order valence-electron chi connectivity index (χ4n) is 4.67. The van der Waals surface area contributed by atoms with Crippen molar-refractivity contribution >= 4 is 23.4 Å². The Labute approximate surface area is 194 Å². The van der Waals surface area contributed by atoms with Gasteiger partial charge in [0.2, 0.25) is 5.91 Å². The molecule has 2 aromatic rings. The molecule has 1 aromatic carbocycles. The molecule has 2 amide bonds. The van der Waals surface area contributed by atoms with Gasteiger partial charge in [-0.05, 0) is 74.4 Å². The molecule has 2 fully saturated rings. The van der Waals surface area contributed by atoms with Crippen molar-refractivity contribution in [2.24, 2.45) is 11.3 Å². The number of aromatic nitrogens is 1. The number of nitrogens with one attached hydrogen (secondary N) is 1. The molecular formula is C25H30ClN3O3. The molecule has 170 valence electrons. The molecule has 4 rings (SSSR count). The highest BCUT2D eigenvalue weighted by Gasteiger charge is 2.58. The van der Waals surface area contributed by atoms with E-state index in [1.807, 2.05) is 36.1 Å². The van der Waals surface area contributed by atoms with Crippen LogP contribution in [0.1, 0.15) is 37.4 Å². The number of aryl methyl sites for hydroxylation is 1. The number of hydrogen-bond acceptors (Lipinski definition) is 4. The number of likely N-dealkylation sites (tertiary alicyclic amines) is 1. The van der Waals surface area contributed by atoms with Crippen LogP contribution in [0.3, 0.4) is 0 Å². The van der Waals surface area contributed by atoms with E-state index in [4.69, 9.17) is 16.3 Å². The van der Waals surface area contributed by atoms with Gasteiger partial charge in [-0.15, -0.1) is 0 Å². The summed E-state index contributed by atoms with van der Waals surface area (Å²) in [4.78, 5) is 31.7. The van der Waals surface area contributed by atoms with Crippen LogP contribution >= 0.6 is 11.6 Å². The summed E-state index contributed by atoms with van der Waals surface area (Å²) in [5.74, 6) is 0.865. The lowest BCUT2D eigenvalue weighted by molar-refractivity contribution is -0.139. The van der Waals surface area contributed by atoms with E-state index in [0.717, 1.165) is 36.9 Å². The summed E-state index contributed by atoms with van der Waals surface area (Å²) < 4.78 is 5.90. The van der Waals surface area contributed by atoms with Crippen LogP contribution in [0, 0.1) is 18.3 Å². The molecular weight excluding hydrogens is 426 g/mol. The summed E-state index contributed by atoms with van der Waals surface area (Å²) in [7, 11) is 0. The van der Waals surface area contributed by atoms with E-state index in [-0.39, 0.29) is 23.1 Å². The van der Waals surface area contributed by atoms with Crippen LogP contribution in [-0.2, 0) is 16.0 Å². The highest BCUT2D eigenvalue weighted by Crippen LogP contribution is 2.59. The second-order valence-electron chi connectivity index (χ2n) is 8.98. The van der Waals surface area contributed by atoms with Crippen molar-refractivity contribution in [3.63, 3.8) is 0 Å². The fourth-order valence-corrected chi connectivity index (χ4v) is 4.90. The summed E-state index contributed by atoms with van der Waals surface area (Å²) in [6.07, 6.45) is 4.59. The van der Waals surface area contributed by atoms with E-state index in [0.29, 0.717) is 30.4 Å². The summed E-state index contributed by atoms with van der Waals surface area (Å²) in [5.41, 5.74) is 1.95. The number of ether oxygens (including phenoxy) is 1. The Morgan fingerprint density at radius 1 is 1.28 bits per heavy atom. The molecule has 1 spiro atoms. The molecule has 1 aromatic heterocycles. The smallest absolute Gasteiger partial charge is 0.263 e. The van der Waals surface area contributed by atoms with Crippen LogP contribution in [0.25, 0.3) is 0 Å². The second-order valence-corrected chi connectivity index (χ2v) is 9.41. The number of nitrogens with zero attached hydrogens (tertiary/aromatic N) is 2. The summed E-state index contributed by atoms with van der Waals surface area (Å²) in [5, 5.41) is 3.71. The molecule has 6 nitrogen and oxygen atoms in total. The monoisotopic (exact) mass is 455 g/mol. The summed E-state index contributed by atoms with van der Waals surface area (Å²) in [6.45, 7) is 5.65. The van der Waals surface area contributed by atoms with E-state index < -0.39 is 6.10 Å². The molecule has 1 aliphatic carbocycles. The average Bonchev–Trinajstić information content (AvgIpc) is 3.49. The van der Waals surface area contributed by atoms with Gasteiger partial charge in [-0.2, -0.15) is 0 Å². The van der Waals surface area contributed by atoms with Gasteiger partial charge >= 0.3 is 0 Å². The minimum absolute atomic E-state index is 0.00814. The Morgan fingerprint density at radius 3 is 2.75 bits per heavy atom. The van der Waals surface area contributed by atoms with Gasteiger partial charge in [0.05, 0.1) is 0 Å². The number of amides is 2. The summed E-state index contributed by atoms with van der Waals surface area (Å²) >= 11 is 6.00. The van der Waals surface area contributed by atoms with Gasteiger partial charge in [0.1, 0.15) is 5.75 Å². The predicted molar refractivity (Wildman–Crippen MR) is 124 cm³/mol. The Kier molecular flexibility index (Phi) is 6.70. The van der Waals surface area contributed by atoms with Crippen LogP contribution in [0.15, 0.2) is 42.6 Å². The number of rotatable bonds is 7. The van der Waals surface area contributed by atoms with Crippen molar-refractivity contribution in [3.8, 4) is 5.75 Å². The van der Waals surface area contributed by atoms with Crippen molar-refractivity contribution in [1.82, 2.24) is 15.2 Å². The Morgan fingerprint density at radius 2 is 2.06 bits per heavy atom. The molecule has 1 N–H and O–H groups in total. The number of halogens is 1. The average molecular weight is 456 g/mol. The zero-order valence-electron chi connectivity index (χ0n) is 18.6. The lowest BCUT2D eigenvalue weighted by Gasteiger charge is -2.34. The Bertz CT molecular complexity index is 974. The zero-order valence-corrected chi connectivity index (χ0v) is 19.4. The number of piperidine rings is 1. The number of carbonyl (C=O) groups excluding carboxylic acids is 2. The third kappa shape index (κ3) is 5.07. The lowest BCUT2D eigenvalue weighted by Crippen LogP contribution is -2.46. The third-order valence-electron chi connectivity index (χ3n) is 6.77. The minimum Gasteiger partial charge on any atom is -0.481 e. The molecule has 2 heterocycles. The molecule has 1 aliphatic heterocycles. The topological polar surface area (TPSA) is 71.5 Å². The fraction of sp³-hybridized carbons (Fsp3) is 0.480. The first-order valence-electron chi connectivity index (χ1n) is 11.3. The van der Waals surface area contributed by atoms with Crippen molar-refractivity contribution in [3.05, 3.63) is 58.9 Å². The number of pyridine rings is 1. The minimum atomic E-state index is -0.561. The molecule has 2 atom stereocenters. The van der Waals surface area contributed by atoms with Crippen molar-refractivity contribution in [2.75, 3.05) is 19.6 Å². The van der Waals surface area contributed by atoms with Gasteiger partial charge < -0.3 is 15.0 Å². The van der Waals surface area contributed by atoms with Gasteiger partial charge in [-0.1, -0.05) is 17.7 Å². The highest BCUT2D eigenvalue weighted by atomic mass is 35.5. The van der Waals surface area contributed by atoms with Crippen molar-refractivity contribution < 1.29 is 14.3 Å². The quantitative estimate of drug-likeness (QED) is 0.689. The second kappa shape index (κ2) is 9.49. The maximum Gasteiger partial charge on any atom is 0.263 e. The molecule has 1 saturated heterocycles. The largest absolute Gasteiger partial charge is 0.481 e. The molecule has 0 bridgehead atoms. The Balaban J connectivity index is 1.22. The zero-order chi connectivity index (χ0) is 22.7. The normalized spacial score (nSPS) is 20.0. The molecule has 32 heavy (non-hydrogen) atoms. The van der Waals surface area contributed by atoms with Crippen LogP contribution in [0.4, 0.5) is 0 Å². The molecule has 0 unspecified atom stereocenters. The first-order valence-corrected chi connectivity index (χ1v) is 11.6. The van der Waals surface area contributed by atoms with E-state index in [9.17, 15) is 9.59 Å². The first kappa shape index (κ1) is 22.6. The van der Waals surface area contributed by atoms with Crippen LogP contribution in [0.5, 0.6) is 5.75 Å². The van der Waals surface area contributed by atoms with Gasteiger partial charge in [-0.25, -0.2) is 0 Å². The number of benzene rings is 1. The van der Waals surface area contributed by atoms with Crippen LogP contribution < -0.4 is 10.1 Å². The molecule has 1 saturated carbocycles. The Hall–Kier alpha value is -2.60.